The van der Waals surface area contributed by atoms with Gasteiger partial charge in [-0.1, -0.05) is 18.2 Å². The van der Waals surface area contributed by atoms with E-state index in [4.69, 9.17) is 0 Å². The van der Waals surface area contributed by atoms with E-state index >= 15 is 0 Å². The highest BCUT2D eigenvalue weighted by Crippen LogP contribution is 2.36. The maximum atomic E-state index is 11.8. The summed E-state index contributed by atoms with van der Waals surface area (Å²) < 4.78 is 1.22. The molecule has 0 atom stereocenters. The van der Waals surface area contributed by atoms with Crippen LogP contribution in [0, 0.1) is 0 Å². The van der Waals surface area contributed by atoms with E-state index in [1.54, 1.807) is 16.2 Å². The van der Waals surface area contributed by atoms with E-state index in [1.807, 2.05) is 25.2 Å². The summed E-state index contributed by atoms with van der Waals surface area (Å²) in [5, 5.41) is 1.11. The first-order valence-corrected chi connectivity index (χ1v) is 5.35. The van der Waals surface area contributed by atoms with Crippen LogP contribution in [-0.4, -0.2) is 17.9 Å². The lowest BCUT2D eigenvalue weighted by Crippen LogP contribution is -2.17. The molecule has 1 aliphatic rings. The van der Waals surface area contributed by atoms with Gasteiger partial charge in [-0.25, -0.2) is 0 Å². The van der Waals surface area contributed by atoms with Crippen molar-refractivity contribution in [1.82, 2.24) is 4.90 Å². The van der Waals surface area contributed by atoms with Crippen molar-refractivity contribution in [1.29, 1.82) is 0 Å². The lowest BCUT2D eigenvalue weighted by atomic mass is 10.1. The molecule has 2 heterocycles. The standard InChI is InChI=1S/C11H9NOS/c1-12-6-9-10(11(12)13)7-4-2-3-5-8(7)14-9/h2-5H,6H2,1H3. The third-order valence-electron chi connectivity index (χ3n) is 2.61. The number of thiophene rings is 1. The van der Waals surface area contributed by atoms with Crippen LogP contribution >= 0.6 is 11.3 Å². The van der Waals surface area contributed by atoms with E-state index in [1.165, 1.54) is 9.58 Å². The van der Waals surface area contributed by atoms with Crippen LogP contribution in [0.3, 0.4) is 0 Å². The molecule has 1 aliphatic heterocycles. The highest BCUT2D eigenvalue weighted by atomic mass is 32.1. The van der Waals surface area contributed by atoms with Crippen LogP contribution in [0.15, 0.2) is 24.3 Å². The van der Waals surface area contributed by atoms with Crippen molar-refractivity contribution in [2.45, 2.75) is 6.54 Å². The fourth-order valence-electron chi connectivity index (χ4n) is 1.92. The van der Waals surface area contributed by atoms with Crippen molar-refractivity contribution in [3.63, 3.8) is 0 Å². The number of carbonyl (C=O) groups excluding carboxylic acids is 1. The summed E-state index contributed by atoms with van der Waals surface area (Å²) in [6.07, 6.45) is 0. The van der Waals surface area contributed by atoms with Gasteiger partial charge in [0.05, 0.1) is 12.1 Å². The zero-order chi connectivity index (χ0) is 9.71. The number of amides is 1. The van der Waals surface area contributed by atoms with E-state index < -0.39 is 0 Å². The smallest absolute Gasteiger partial charge is 0.255 e. The van der Waals surface area contributed by atoms with Gasteiger partial charge in [0.2, 0.25) is 0 Å². The van der Waals surface area contributed by atoms with Crippen molar-refractivity contribution >= 4 is 27.3 Å². The van der Waals surface area contributed by atoms with Crippen LogP contribution in [-0.2, 0) is 6.54 Å². The Bertz CT molecular complexity index is 529. The van der Waals surface area contributed by atoms with E-state index in [-0.39, 0.29) is 5.91 Å². The molecule has 70 valence electrons. The minimum absolute atomic E-state index is 0.164. The first-order chi connectivity index (χ1) is 6.77. The number of rotatable bonds is 0. The third-order valence-corrected chi connectivity index (χ3v) is 3.77. The normalized spacial score (nSPS) is 15.2. The molecule has 0 spiro atoms. The number of hydrogen-bond acceptors (Lipinski definition) is 2. The van der Waals surface area contributed by atoms with E-state index in [2.05, 4.69) is 6.07 Å². The molecule has 0 saturated carbocycles. The van der Waals surface area contributed by atoms with Gasteiger partial charge in [-0.3, -0.25) is 4.79 Å². The van der Waals surface area contributed by atoms with Crippen LogP contribution in [0.25, 0.3) is 10.1 Å². The monoisotopic (exact) mass is 203 g/mol. The summed E-state index contributed by atoms with van der Waals surface area (Å²) in [7, 11) is 1.85. The Morgan fingerprint density at radius 1 is 1.36 bits per heavy atom. The zero-order valence-corrected chi connectivity index (χ0v) is 8.60. The second kappa shape index (κ2) is 2.58. The van der Waals surface area contributed by atoms with Crippen LogP contribution in [0.2, 0.25) is 0 Å². The second-order valence-corrected chi connectivity index (χ2v) is 4.69. The first kappa shape index (κ1) is 8.00. The molecule has 0 saturated heterocycles. The molecule has 14 heavy (non-hydrogen) atoms. The molecule has 0 bridgehead atoms. The Labute approximate surface area is 85.8 Å². The molecule has 3 rings (SSSR count). The van der Waals surface area contributed by atoms with Gasteiger partial charge in [0, 0.05) is 22.0 Å². The Kier molecular flexibility index (Phi) is 1.47. The van der Waals surface area contributed by atoms with Gasteiger partial charge in [0.1, 0.15) is 0 Å². The molecule has 3 heteroatoms. The van der Waals surface area contributed by atoms with E-state index in [0.29, 0.717) is 0 Å². The SMILES string of the molecule is CN1Cc2sc3ccccc3c2C1=O. The summed E-state index contributed by atoms with van der Waals surface area (Å²) in [6, 6.07) is 8.11. The molecule has 0 fully saturated rings. The van der Waals surface area contributed by atoms with Crippen molar-refractivity contribution < 1.29 is 4.79 Å². The van der Waals surface area contributed by atoms with Gasteiger partial charge in [0.25, 0.3) is 5.91 Å². The predicted octanol–water partition coefficient (Wildman–Crippen LogP) is 2.49. The Balaban J connectivity index is 2.38. The molecule has 0 aliphatic carbocycles. The summed E-state index contributed by atoms with van der Waals surface area (Å²) in [4.78, 5) is 14.8. The molecule has 2 nitrogen and oxygen atoms in total. The minimum atomic E-state index is 0.164. The highest BCUT2D eigenvalue weighted by molar-refractivity contribution is 7.19. The summed E-state index contributed by atoms with van der Waals surface area (Å²) in [5.41, 5.74) is 0.924. The fourth-order valence-corrected chi connectivity index (χ4v) is 3.17. The summed E-state index contributed by atoms with van der Waals surface area (Å²) in [6.45, 7) is 0.771. The molecule has 0 unspecified atom stereocenters. The van der Waals surface area contributed by atoms with Crippen molar-refractivity contribution in [2.75, 3.05) is 7.05 Å². The molecule has 1 aromatic carbocycles. The van der Waals surface area contributed by atoms with E-state index in [0.717, 1.165) is 17.5 Å². The quantitative estimate of drug-likeness (QED) is 0.644. The zero-order valence-electron chi connectivity index (χ0n) is 7.78. The topological polar surface area (TPSA) is 20.3 Å². The van der Waals surface area contributed by atoms with Crippen molar-refractivity contribution in [3.05, 3.63) is 34.7 Å². The van der Waals surface area contributed by atoms with Crippen LogP contribution in [0.4, 0.5) is 0 Å². The molecular formula is C11H9NOS. The molecule has 0 radical (unpaired) electrons. The maximum absolute atomic E-state index is 11.8. The Hall–Kier alpha value is -1.35. The molecular weight excluding hydrogens is 194 g/mol. The lowest BCUT2D eigenvalue weighted by molar-refractivity contribution is 0.0818. The van der Waals surface area contributed by atoms with Gasteiger partial charge < -0.3 is 4.90 Å². The van der Waals surface area contributed by atoms with Crippen molar-refractivity contribution in [2.24, 2.45) is 0 Å². The van der Waals surface area contributed by atoms with Gasteiger partial charge in [0.15, 0.2) is 0 Å². The highest BCUT2D eigenvalue weighted by Gasteiger charge is 2.28. The van der Waals surface area contributed by atoms with Crippen LogP contribution in [0.5, 0.6) is 0 Å². The summed E-state index contributed by atoms with van der Waals surface area (Å²) in [5.74, 6) is 0.164. The molecule has 2 aromatic rings. The van der Waals surface area contributed by atoms with Gasteiger partial charge in [-0.2, -0.15) is 0 Å². The van der Waals surface area contributed by atoms with Crippen LogP contribution in [0.1, 0.15) is 15.2 Å². The number of fused-ring (bicyclic) bond motifs is 3. The molecule has 0 N–H and O–H groups in total. The second-order valence-electron chi connectivity index (χ2n) is 3.56. The minimum Gasteiger partial charge on any atom is -0.336 e. The van der Waals surface area contributed by atoms with Gasteiger partial charge in [-0.15, -0.1) is 11.3 Å². The van der Waals surface area contributed by atoms with Gasteiger partial charge >= 0.3 is 0 Å². The van der Waals surface area contributed by atoms with E-state index in [9.17, 15) is 4.79 Å². The Morgan fingerprint density at radius 2 is 2.14 bits per heavy atom. The number of benzene rings is 1. The predicted molar refractivity (Wildman–Crippen MR) is 57.6 cm³/mol. The molecule has 1 aromatic heterocycles. The Morgan fingerprint density at radius 3 is 3.00 bits per heavy atom. The average molecular weight is 203 g/mol. The van der Waals surface area contributed by atoms with Crippen molar-refractivity contribution in [3.8, 4) is 0 Å². The number of nitrogens with zero attached hydrogens (tertiary/aromatic N) is 1. The molecule has 1 amide bonds. The summed E-state index contributed by atoms with van der Waals surface area (Å²) >= 11 is 1.73. The van der Waals surface area contributed by atoms with Crippen LogP contribution < -0.4 is 0 Å². The van der Waals surface area contributed by atoms with Gasteiger partial charge in [-0.05, 0) is 6.07 Å². The number of hydrogen-bond donors (Lipinski definition) is 0. The average Bonchev–Trinajstić information content (AvgIpc) is 2.65. The maximum Gasteiger partial charge on any atom is 0.255 e. The first-order valence-electron chi connectivity index (χ1n) is 4.53. The lowest BCUT2D eigenvalue weighted by Gasteiger charge is -2.06. The number of carbonyl (C=O) groups is 1. The third kappa shape index (κ3) is 0.876. The largest absolute Gasteiger partial charge is 0.336 e. The fraction of sp³-hybridized carbons (Fsp3) is 0.182.